The number of rotatable bonds is 5. The van der Waals surface area contributed by atoms with Crippen LogP contribution < -0.4 is 5.56 Å². The average Bonchev–Trinajstić information content (AvgIpc) is 3.74. The molecule has 0 amide bonds. The van der Waals surface area contributed by atoms with Crippen LogP contribution in [0.15, 0.2) is 59.8 Å². The van der Waals surface area contributed by atoms with Gasteiger partial charge in [-0.3, -0.25) is 14.5 Å². The largest absolute Gasteiger partial charge is 0.345 e. The molecule has 0 atom stereocenters. The molecule has 0 saturated heterocycles. The van der Waals surface area contributed by atoms with Crippen LogP contribution in [-0.4, -0.2) is 29.1 Å². The predicted molar refractivity (Wildman–Crippen MR) is 128 cm³/mol. The standard InChI is InChI=1S/C26H24N6O/c1-30-15-19-12-20(7-9-22(19)28-30)32-26(33)24(18-6-8-21(27-13-18)17-4-5-17)25-23(29-32)10-11-31(25)14-16-2-3-16/h6-13,15-17H,2-5,14H2,1H3. The third-order valence-electron chi connectivity index (χ3n) is 6.86. The molecule has 7 rings (SSSR count). The minimum Gasteiger partial charge on any atom is -0.345 e. The van der Waals surface area contributed by atoms with E-state index in [1.54, 1.807) is 4.68 Å². The van der Waals surface area contributed by atoms with E-state index < -0.39 is 0 Å². The molecule has 0 aliphatic heterocycles. The molecule has 4 aromatic heterocycles. The van der Waals surface area contributed by atoms with Gasteiger partial charge in [-0.25, -0.2) is 0 Å². The van der Waals surface area contributed by atoms with Gasteiger partial charge < -0.3 is 4.57 Å². The Balaban J connectivity index is 1.45. The summed E-state index contributed by atoms with van der Waals surface area (Å²) in [6.07, 6.45) is 10.8. The molecule has 0 unspecified atom stereocenters. The van der Waals surface area contributed by atoms with Crippen LogP contribution >= 0.6 is 0 Å². The molecule has 4 heterocycles. The van der Waals surface area contributed by atoms with Crippen LogP contribution in [0.5, 0.6) is 0 Å². The highest BCUT2D eigenvalue weighted by Crippen LogP contribution is 2.39. The summed E-state index contributed by atoms with van der Waals surface area (Å²) in [5.74, 6) is 1.28. The lowest BCUT2D eigenvalue weighted by atomic mass is 10.1. The van der Waals surface area contributed by atoms with E-state index >= 15 is 0 Å². The third kappa shape index (κ3) is 3.18. The lowest BCUT2D eigenvalue weighted by Gasteiger charge is -2.13. The molecule has 33 heavy (non-hydrogen) atoms. The molecule has 0 N–H and O–H groups in total. The highest BCUT2D eigenvalue weighted by Gasteiger charge is 2.27. The number of benzene rings is 1. The fraction of sp³-hybridized carbons (Fsp3) is 0.308. The summed E-state index contributed by atoms with van der Waals surface area (Å²) in [4.78, 5) is 18.7. The first-order valence-electron chi connectivity index (χ1n) is 11.7. The fourth-order valence-electron chi connectivity index (χ4n) is 4.78. The van der Waals surface area contributed by atoms with Gasteiger partial charge in [-0.15, -0.1) is 0 Å². The monoisotopic (exact) mass is 436 g/mol. The smallest absolute Gasteiger partial charge is 0.281 e. The van der Waals surface area contributed by atoms with Crippen LogP contribution in [-0.2, 0) is 13.6 Å². The van der Waals surface area contributed by atoms with Crippen molar-refractivity contribution in [1.29, 1.82) is 0 Å². The van der Waals surface area contributed by atoms with E-state index in [-0.39, 0.29) is 5.56 Å². The van der Waals surface area contributed by atoms with Crippen LogP contribution in [0.2, 0.25) is 0 Å². The lowest BCUT2D eigenvalue weighted by Crippen LogP contribution is -2.24. The van der Waals surface area contributed by atoms with E-state index in [0.717, 1.165) is 45.4 Å². The molecule has 7 nitrogen and oxygen atoms in total. The van der Waals surface area contributed by atoms with Crippen LogP contribution in [0.25, 0.3) is 38.8 Å². The van der Waals surface area contributed by atoms with Crippen molar-refractivity contribution >= 4 is 21.9 Å². The van der Waals surface area contributed by atoms with Crippen LogP contribution in [0.1, 0.15) is 37.3 Å². The minimum atomic E-state index is -0.123. The molecule has 2 saturated carbocycles. The number of hydrogen-bond donors (Lipinski definition) is 0. The Hall–Kier alpha value is -3.74. The van der Waals surface area contributed by atoms with E-state index in [2.05, 4.69) is 28.0 Å². The highest BCUT2D eigenvalue weighted by atomic mass is 16.1. The Kier molecular flexibility index (Phi) is 3.92. The zero-order chi connectivity index (χ0) is 22.1. The maximum atomic E-state index is 13.9. The number of aryl methyl sites for hydroxylation is 1. The van der Waals surface area contributed by atoms with E-state index in [9.17, 15) is 4.79 Å². The second kappa shape index (κ2) is 6.88. The van der Waals surface area contributed by atoms with Gasteiger partial charge in [0.25, 0.3) is 5.56 Å². The molecule has 164 valence electrons. The summed E-state index contributed by atoms with van der Waals surface area (Å²) in [5.41, 5.74) is 5.89. The molecule has 0 bridgehead atoms. The van der Waals surface area contributed by atoms with E-state index in [1.165, 1.54) is 30.4 Å². The maximum absolute atomic E-state index is 13.9. The Morgan fingerprint density at radius 1 is 1.00 bits per heavy atom. The number of aromatic nitrogens is 6. The average molecular weight is 437 g/mol. The van der Waals surface area contributed by atoms with Gasteiger partial charge in [-0.05, 0) is 61.9 Å². The van der Waals surface area contributed by atoms with Gasteiger partial charge >= 0.3 is 0 Å². The molecule has 0 radical (unpaired) electrons. The summed E-state index contributed by atoms with van der Waals surface area (Å²) in [7, 11) is 1.90. The molecular formula is C26H24N6O. The quantitative estimate of drug-likeness (QED) is 0.409. The number of fused-ring (bicyclic) bond motifs is 2. The molecule has 0 spiro atoms. The second-order valence-electron chi connectivity index (χ2n) is 9.53. The van der Waals surface area contributed by atoms with Crippen LogP contribution in [0.4, 0.5) is 0 Å². The van der Waals surface area contributed by atoms with E-state index in [0.29, 0.717) is 17.4 Å². The topological polar surface area (TPSA) is 70.5 Å². The van der Waals surface area contributed by atoms with Crippen molar-refractivity contribution in [1.82, 2.24) is 29.1 Å². The van der Waals surface area contributed by atoms with Crippen molar-refractivity contribution in [3.63, 3.8) is 0 Å². The van der Waals surface area contributed by atoms with E-state index in [4.69, 9.17) is 10.1 Å². The summed E-state index contributed by atoms with van der Waals surface area (Å²) < 4.78 is 5.52. The van der Waals surface area contributed by atoms with Gasteiger partial charge in [0.15, 0.2) is 0 Å². The summed E-state index contributed by atoms with van der Waals surface area (Å²) >= 11 is 0. The summed E-state index contributed by atoms with van der Waals surface area (Å²) in [5, 5.41) is 10.2. The SMILES string of the molecule is Cn1cc2cc(-n3nc4ccn(CC5CC5)c4c(-c4ccc(C5CC5)nc4)c3=O)ccc2n1. The number of pyridine rings is 1. The molecule has 5 aromatic rings. The van der Waals surface area contributed by atoms with Gasteiger partial charge in [0.2, 0.25) is 0 Å². The van der Waals surface area contributed by atoms with Gasteiger partial charge in [-0.1, -0.05) is 6.07 Å². The Morgan fingerprint density at radius 3 is 2.64 bits per heavy atom. The van der Waals surface area contributed by atoms with Crippen LogP contribution in [0, 0.1) is 5.92 Å². The first kappa shape index (κ1) is 18.8. The van der Waals surface area contributed by atoms with Crippen molar-refractivity contribution in [2.24, 2.45) is 13.0 Å². The molecule has 2 aliphatic rings. The Bertz CT molecular complexity index is 1580. The third-order valence-corrected chi connectivity index (χ3v) is 6.86. The van der Waals surface area contributed by atoms with Crippen molar-refractivity contribution in [3.05, 3.63) is 71.0 Å². The molecule has 7 heteroatoms. The second-order valence-corrected chi connectivity index (χ2v) is 9.53. The van der Waals surface area contributed by atoms with Gasteiger partial charge in [0.1, 0.15) is 5.52 Å². The first-order valence-corrected chi connectivity index (χ1v) is 11.7. The lowest BCUT2D eigenvalue weighted by molar-refractivity contribution is 0.646. The van der Waals surface area contributed by atoms with Gasteiger partial charge in [0, 0.05) is 54.7 Å². The van der Waals surface area contributed by atoms with Crippen molar-refractivity contribution in [3.8, 4) is 16.8 Å². The zero-order valence-electron chi connectivity index (χ0n) is 18.5. The molecule has 2 fully saturated rings. The summed E-state index contributed by atoms with van der Waals surface area (Å²) in [6.45, 7) is 0.927. The zero-order valence-corrected chi connectivity index (χ0v) is 18.5. The minimum absolute atomic E-state index is 0.123. The molecular weight excluding hydrogens is 412 g/mol. The van der Waals surface area contributed by atoms with Gasteiger partial charge in [0.05, 0.1) is 22.3 Å². The van der Waals surface area contributed by atoms with Crippen molar-refractivity contribution < 1.29 is 0 Å². The predicted octanol–water partition coefficient (Wildman–Crippen LogP) is 4.42. The van der Waals surface area contributed by atoms with Gasteiger partial charge in [-0.2, -0.15) is 14.9 Å². The Morgan fingerprint density at radius 2 is 1.88 bits per heavy atom. The van der Waals surface area contributed by atoms with Crippen molar-refractivity contribution in [2.75, 3.05) is 0 Å². The number of hydrogen-bond acceptors (Lipinski definition) is 4. The summed E-state index contributed by atoms with van der Waals surface area (Å²) in [6, 6.07) is 12.0. The Labute approximate surface area is 190 Å². The fourth-order valence-corrected chi connectivity index (χ4v) is 4.78. The maximum Gasteiger partial charge on any atom is 0.281 e. The highest BCUT2D eigenvalue weighted by molar-refractivity contribution is 5.92. The van der Waals surface area contributed by atoms with E-state index in [1.807, 2.05) is 43.7 Å². The number of nitrogens with zero attached hydrogens (tertiary/aromatic N) is 6. The van der Waals surface area contributed by atoms with Crippen LogP contribution in [0.3, 0.4) is 0 Å². The van der Waals surface area contributed by atoms with Crippen molar-refractivity contribution in [2.45, 2.75) is 38.1 Å². The normalized spacial score (nSPS) is 16.2. The molecule has 1 aromatic carbocycles. The molecule has 2 aliphatic carbocycles. The first-order chi connectivity index (χ1) is 16.1.